The van der Waals surface area contributed by atoms with Crippen molar-refractivity contribution in [3.63, 3.8) is 0 Å². The van der Waals surface area contributed by atoms with Gasteiger partial charge in [0.1, 0.15) is 0 Å². The second-order valence-electron chi connectivity index (χ2n) is 4.94. The number of benzene rings is 1. The maximum atomic E-state index is 5.48. The van der Waals surface area contributed by atoms with Gasteiger partial charge in [-0.2, -0.15) is 0 Å². The van der Waals surface area contributed by atoms with E-state index in [-0.39, 0.29) is 0 Å². The number of nitrogens with one attached hydrogen (secondary N) is 1. The van der Waals surface area contributed by atoms with Crippen LogP contribution in [-0.2, 0) is 0 Å². The lowest BCUT2D eigenvalue weighted by Gasteiger charge is -2.07. The Balaban J connectivity index is 2.16. The summed E-state index contributed by atoms with van der Waals surface area (Å²) in [5.74, 6) is 0. The number of H-pyrrole nitrogens is 1. The molecule has 0 saturated heterocycles. The highest BCUT2D eigenvalue weighted by atomic mass is 32.1. The summed E-state index contributed by atoms with van der Waals surface area (Å²) in [6, 6.07) is 14.0. The lowest BCUT2D eigenvalue weighted by atomic mass is 10.2. The van der Waals surface area contributed by atoms with E-state index in [1.165, 1.54) is 0 Å². The highest BCUT2D eigenvalue weighted by Gasteiger charge is 2.11. The van der Waals surface area contributed by atoms with Crippen LogP contribution >= 0.6 is 12.2 Å². The summed E-state index contributed by atoms with van der Waals surface area (Å²) in [5, 5.41) is 1.08. The molecule has 0 spiro atoms. The van der Waals surface area contributed by atoms with Crippen LogP contribution in [-0.4, -0.2) is 19.5 Å². The van der Waals surface area contributed by atoms with E-state index in [9.17, 15) is 0 Å². The smallest absolute Gasteiger partial charge is 0.184 e. The molecule has 0 bridgehead atoms. The van der Waals surface area contributed by atoms with E-state index < -0.39 is 0 Å². The number of imidazole rings is 1. The molecule has 21 heavy (non-hydrogen) atoms. The fraction of sp³-hybridized carbons (Fsp3) is 0.0625. The Labute approximate surface area is 126 Å². The van der Waals surface area contributed by atoms with Gasteiger partial charge in [0.2, 0.25) is 0 Å². The number of pyridine rings is 2. The number of hydrogen-bond acceptors (Lipinski definition) is 3. The Morgan fingerprint density at radius 2 is 1.95 bits per heavy atom. The van der Waals surface area contributed by atoms with E-state index in [0.29, 0.717) is 4.77 Å². The molecule has 5 heteroatoms. The maximum absolute atomic E-state index is 5.48. The summed E-state index contributed by atoms with van der Waals surface area (Å²) in [6.45, 7) is 1.97. The van der Waals surface area contributed by atoms with Gasteiger partial charge >= 0.3 is 0 Å². The largest absolute Gasteiger partial charge is 0.329 e. The average molecular weight is 292 g/mol. The number of hydrogen-bond donors (Lipinski definition) is 1. The summed E-state index contributed by atoms with van der Waals surface area (Å²) in [7, 11) is 0. The van der Waals surface area contributed by atoms with Gasteiger partial charge in [-0.3, -0.25) is 9.55 Å². The summed E-state index contributed by atoms with van der Waals surface area (Å²) >= 11 is 5.48. The molecule has 4 nitrogen and oxygen atoms in total. The molecule has 1 aromatic carbocycles. The van der Waals surface area contributed by atoms with Gasteiger partial charge in [-0.05, 0) is 43.4 Å². The maximum Gasteiger partial charge on any atom is 0.184 e. The van der Waals surface area contributed by atoms with Gasteiger partial charge in [0.25, 0.3) is 0 Å². The van der Waals surface area contributed by atoms with Crippen LogP contribution in [0.25, 0.3) is 27.8 Å². The van der Waals surface area contributed by atoms with Crippen LogP contribution in [0.3, 0.4) is 0 Å². The van der Waals surface area contributed by atoms with Crippen molar-refractivity contribution in [3.05, 3.63) is 59.1 Å². The third-order valence-electron chi connectivity index (χ3n) is 3.52. The lowest BCUT2D eigenvalue weighted by Crippen LogP contribution is -1.98. The van der Waals surface area contributed by atoms with Gasteiger partial charge in [-0.25, -0.2) is 4.98 Å². The number of aromatic nitrogens is 4. The molecule has 0 fully saturated rings. The molecule has 4 rings (SSSR count). The van der Waals surface area contributed by atoms with Gasteiger partial charge in [0, 0.05) is 17.3 Å². The minimum atomic E-state index is 0.626. The van der Waals surface area contributed by atoms with Crippen LogP contribution in [0, 0.1) is 11.7 Å². The molecule has 4 aromatic rings. The summed E-state index contributed by atoms with van der Waals surface area (Å²) < 4.78 is 2.58. The van der Waals surface area contributed by atoms with Gasteiger partial charge in [-0.15, -0.1) is 0 Å². The zero-order valence-electron chi connectivity index (χ0n) is 11.4. The fourth-order valence-electron chi connectivity index (χ4n) is 2.57. The number of para-hydroxylation sites is 1. The van der Waals surface area contributed by atoms with Crippen molar-refractivity contribution in [2.45, 2.75) is 6.92 Å². The molecule has 102 valence electrons. The van der Waals surface area contributed by atoms with Crippen LogP contribution in [0.2, 0.25) is 0 Å². The molecule has 0 aliphatic rings. The molecule has 0 atom stereocenters. The Morgan fingerprint density at radius 1 is 1.10 bits per heavy atom. The second kappa shape index (κ2) is 4.49. The lowest BCUT2D eigenvalue weighted by molar-refractivity contribution is 1.04. The molecule has 3 aromatic heterocycles. The zero-order valence-corrected chi connectivity index (χ0v) is 12.2. The molecule has 0 unspecified atom stereocenters. The summed E-state index contributed by atoms with van der Waals surface area (Å²) in [5.41, 5.74) is 4.58. The van der Waals surface area contributed by atoms with Crippen LogP contribution < -0.4 is 0 Å². The minimum absolute atomic E-state index is 0.626. The summed E-state index contributed by atoms with van der Waals surface area (Å²) in [6.07, 6.45) is 1.79. The SMILES string of the molecule is Cc1ccc2[nH]c(=S)n(-c3cccc4cccnc34)c2n1. The predicted molar refractivity (Wildman–Crippen MR) is 86.3 cm³/mol. The third kappa shape index (κ3) is 1.86. The molecule has 0 aliphatic carbocycles. The van der Waals surface area contributed by atoms with E-state index in [4.69, 9.17) is 12.2 Å². The summed E-state index contributed by atoms with van der Waals surface area (Å²) in [4.78, 5) is 12.3. The van der Waals surface area contributed by atoms with Crippen molar-refractivity contribution in [1.29, 1.82) is 0 Å². The minimum Gasteiger partial charge on any atom is -0.329 e. The molecule has 3 heterocycles. The molecule has 1 N–H and O–H groups in total. The van der Waals surface area contributed by atoms with Crippen molar-refractivity contribution in [2.24, 2.45) is 0 Å². The Hall–Kier alpha value is -2.53. The third-order valence-corrected chi connectivity index (χ3v) is 3.81. The fourth-order valence-corrected chi connectivity index (χ4v) is 2.87. The first kappa shape index (κ1) is 12.2. The van der Waals surface area contributed by atoms with Crippen molar-refractivity contribution in [1.82, 2.24) is 19.5 Å². The monoisotopic (exact) mass is 292 g/mol. The topological polar surface area (TPSA) is 46.5 Å². The predicted octanol–water partition coefficient (Wildman–Crippen LogP) is 3.94. The van der Waals surface area contributed by atoms with Crippen LogP contribution in [0.1, 0.15) is 5.69 Å². The molecule has 0 amide bonds. The number of nitrogens with zero attached hydrogens (tertiary/aromatic N) is 3. The number of aromatic amines is 1. The van der Waals surface area contributed by atoms with E-state index in [1.54, 1.807) is 6.20 Å². The van der Waals surface area contributed by atoms with Crippen LogP contribution in [0.4, 0.5) is 0 Å². The van der Waals surface area contributed by atoms with Crippen molar-refractivity contribution in [2.75, 3.05) is 0 Å². The Morgan fingerprint density at radius 3 is 2.86 bits per heavy atom. The van der Waals surface area contributed by atoms with Crippen molar-refractivity contribution in [3.8, 4) is 5.69 Å². The second-order valence-corrected chi connectivity index (χ2v) is 5.33. The molecular weight excluding hydrogens is 280 g/mol. The molecule has 0 aliphatic heterocycles. The first-order chi connectivity index (χ1) is 10.2. The van der Waals surface area contributed by atoms with E-state index in [1.807, 2.05) is 54.0 Å². The van der Waals surface area contributed by atoms with Gasteiger partial charge in [0.05, 0.1) is 16.7 Å². The standard InChI is InChI=1S/C16H12N4S/c1-10-7-8-12-15(18-10)20(16(21)19-12)13-6-2-4-11-5-3-9-17-14(11)13/h2-9H,1H3,(H,19,21). The highest BCUT2D eigenvalue weighted by molar-refractivity contribution is 7.71. The van der Waals surface area contributed by atoms with Crippen molar-refractivity contribution < 1.29 is 0 Å². The molecule has 0 radical (unpaired) electrons. The van der Waals surface area contributed by atoms with Crippen LogP contribution in [0.5, 0.6) is 0 Å². The molecular formula is C16H12N4S. The normalized spacial score (nSPS) is 11.3. The number of fused-ring (bicyclic) bond motifs is 2. The zero-order chi connectivity index (χ0) is 14.4. The van der Waals surface area contributed by atoms with Gasteiger partial charge in [0.15, 0.2) is 10.4 Å². The van der Waals surface area contributed by atoms with Crippen LogP contribution in [0.15, 0.2) is 48.7 Å². The average Bonchev–Trinajstić information content (AvgIpc) is 2.82. The van der Waals surface area contributed by atoms with E-state index in [0.717, 1.165) is 33.4 Å². The quantitative estimate of drug-likeness (QED) is 0.540. The number of rotatable bonds is 1. The van der Waals surface area contributed by atoms with E-state index >= 15 is 0 Å². The Bertz CT molecular complexity index is 1020. The van der Waals surface area contributed by atoms with Gasteiger partial charge < -0.3 is 4.98 Å². The first-order valence-electron chi connectivity index (χ1n) is 6.66. The molecule has 0 saturated carbocycles. The highest BCUT2D eigenvalue weighted by Crippen LogP contribution is 2.24. The van der Waals surface area contributed by atoms with Crippen molar-refractivity contribution >= 4 is 34.3 Å². The number of aryl methyl sites for hydroxylation is 1. The van der Waals surface area contributed by atoms with Gasteiger partial charge in [-0.1, -0.05) is 18.2 Å². The first-order valence-corrected chi connectivity index (χ1v) is 7.07. The van der Waals surface area contributed by atoms with E-state index in [2.05, 4.69) is 15.0 Å². The Kier molecular flexibility index (Phi) is 2.62.